The molecule has 1 unspecified atom stereocenters. The number of aliphatic imine (C=N–C) groups is 1. The van der Waals surface area contributed by atoms with Gasteiger partial charge >= 0.3 is 0 Å². The highest BCUT2D eigenvalue weighted by Gasteiger charge is 2.28. The fraction of sp³-hybridized carbons (Fsp3) is 0.875. The predicted molar refractivity (Wildman–Crippen MR) is 105 cm³/mol. The fourth-order valence-corrected chi connectivity index (χ4v) is 2.45. The number of rotatable bonds is 10. The monoisotopic (exact) mass is 454 g/mol. The summed E-state index contributed by atoms with van der Waals surface area (Å²) in [7, 11) is 1.74. The summed E-state index contributed by atoms with van der Waals surface area (Å²) in [6.07, 6.45) is 5.56. The van der Waals surface area contributed by atoms with Crippen LogP contribution in [0.15, 0.2) is 4.99 Å². The molecule has 1 saturated heterocycles. The predicted octanol–water partition coefficient (Wildman–Crippen LogP) is 0.881. The average Bonchev–Trinajstić information content (AvgIpc) is 3.29. The van der Waals surface area contributed by atoms with E-state index in [1.165, 1.54) is 0 Å². The van der Waals surface area contributed by atoms with Crippen molar-refractivity contribution >= 4 is 35.8 Å². The molecule has 2 rings (SSSR count). The van der Waals surface area contributed by atoms with E-state index in [-0.39, 0.29) is 35.8 Å². The van der Waals surface area contributed by atoms with E-state index in [4.69, 9.17) is 9.47 Å². The number of guanidine groups is 1. The van der Waals surface area contributed by atoms with Crippen molar-refractivity contribution in [3.63, 3.8) is 0 Å². The van der Waals surface area contributed by atoms with Crippen molar-refractivity contribution in [1.82, 2.24) is 16.0 Å². The highest BCUT2D eigenvalue weighted by Crippen LogP contribution is 2.28. The Labute approximate surface area is 161 Å². The lowest BCUT2D eigenvalue weighted by atomic mass is 10.2. The first-order chi connectivity index (χ1) is 11.3. The highest BCUT2D eigenvalue weighted by molar-refractivity contribution is 14.0. The van der Waals surface area contributed by atoms with E-state index in [2.05, 4.69) is 20.9 Å². The lowest BCUT2D eigenvalue weighted by Crippen LogP contribution is -2.42. The van der Waals surface area contributed by atoms with Gasteiger partial charge in [0, 0.05) is 45.8 Å². The summed E-state index contributed by atoms with van der Waals surface area (Å²) in [5.74, 6) is 1.20. The van der Waals surface area contributed by atoms with Crippen LogP contribution in [0, 0.1) is 5.92 Å². The van der Waals surface area contributed by atoms with Crippen LogP contribution in [-0.2, 0) is 14.3 Å². The molecule has 1 amide bonds. The molecule has 140 valence electrons. The summed E-state index contributed by atoms with van der Waals surface area (Å²) in [5, 5.41) is 9.34. The van der Waals surface area contributed by atoms with Crippen LogP contribution in [0.5, 0.6) is 0 Å². The Kier molecular flexibility index (Phi) is 11.4. The lowest BCUT2D eigenvalue weighted by molar-refractivity contribution is -0.122. The summed E-state index contributed by atoms with van der Waals surface area (Å²) in [4.78, 5) is 15.6. The van der Waals surface area contributed by atoms with Crippen molar-refractivity contribution in [2.24, 2.45) is 10.9 Å². The Morgan fingerprint density at radius 1 is 1.17 bits per heavy atom. The van der Waals surface area contributed by atoms with E-state index < -0.39 is 0 Å². The summed E-state index contributed by atoms with van der Waals surface area (Å²) >= 11 is 0. The third-order valence-corrected chi connectivity index (χ3v) is 3.97. The van der Waals surface area contributed by atoms with Gasteiger partial charge in [-0.3, -0.25) is 9.79 Å². The molecule has 0 aromatic carbocycles. The summed E-state index contributed by atoms with van der Waals surface area (Å²) in [5.41, 5.74) is 0. The standard InChI is InChI=1S/C16H30N4O3.HI/c1-17-16(20-9-8-18-15(21)13-5-6-13)19-7-3-10-22-12-14-4-2-11-23-14;/h13-14H,2-12H2,1H3,(H,18,21)(H2,17,19,20);1H. The van der Waals surface area contributed by atoms with Crippen LogP contribution in [0.1, 0.15) is 32.1 Å². The molecular weight excluding hydrogens is 423 g/mol. The van der Waals surface area contributed by atoms with Gasteiger partial charge in [0.25, 0.3) is 0 Å². The van der Waals surface area contributed by atoms with Gasteiger partial charge in [-0.15, -0.1) is 24.0 Å². The van der Waals surface area contributed by atoms with E-state index in [0.717, 1.165) is 57.8 Å². The second-order valence-corrected chi connectivity index (χ2v) is 6.05. The molecule has 1 heterocycles. The maximum absolute atomic E-state index is 11.5. The summed E-state index contributed by atoms with van der Waals surface area (Å²) in [6, 6.07) is 0. The Morgan fingerprint density at radius 2 is 1.92 bits per heavy atom. The summed E-state index contributed by atoms with van der Waals surface area (Å²) < 4.78 is 11.1. The maximum atomic E-state index is 11.5. The van der Waals surface area contributed by atoms with Crippen molar-refractivity contribution in [2.45, 2.75) is 38.2 Å². The number of carbonyl (C=O) groups excluding carboxylic acids is 1. The van der Waals surface area contributed by atoms with Crippen LogP contribution in [0.4, 0.5) is 0 Å². The zero-order valence-corrected chi connectivity index (χ0v) is 16.8. The third-order valence-electron chi connectivity index (χ3n) is 3.97. The third kappa shape index (κ3) is 9.03. The van der Waals surface area contributed by atoms with Gasteiger partial charge < -0.3 is 25.4 Å². The second kappa shape index (κ2) is 12.7. The molecule has 1 atom stereocenters. The van der Waals surface area contributed by atoms with Gasteiger partial charge in [-0.05, 0) is 32.1 Å². The Balaban J connectivity index is 0.00000288. The maximum Gasteiger partial charge on any atom is 0.223 e. The van der Waals surface area contributed by atoms with Gasteiger partial charge in [0.05, 0.1) is 12.7 Å². The Bertz CT molecular complexity index is 386. The zero-order chi connectivity index (χ0) is 16.3. The second-order valence-electron chi connectivity index (χ2n) is 6.05. The Morgan fingerprint density at radius 3 is 2.58 bits per heavy atom. The van der Waals surface area contributed by atoms with E-state index in [0.29, 0.717) is 25.8 Å². The average molecular weight is 454 g/mol. The van der Waals surface area contributed by atoms with Gasteiger partial charge in [-0.25, -0.2) is 0 Å². The number of nitrogens with zero attached hydrogens (tertiary/aromatic N) is 1. The summed E-state index contributed by atoms with van der Waals surface area (Å²) in [6.45, 7) is 4.40. The van der Waals surface area contributed by atoms with Gasteiger partial charge in [0.15, 0.2) is 5.96 Å². The van der Waals surface area contributed by atoms with Crippen molar-refractivity contribution in [3.05, 3.63) is 0 Å². The van der Waals surface area contributed by atoms with Gasteiger partial charge in [0.1, 0.15) is 0 Å². The SMILES string of the molecule is CN=C(NCCCOCC1CCCO1)NCCNC(=O)C1CC1.I. The molecule has 24 heavy (non-hydrogen) atoms. The van der Waals surface area contributed by atoms with Crippen LogP contribution in [0.25, 0.3) is 0 Å². The van der Waals surface area contributed by atoms with Gasteiger partial charge in [-0.2, -0.15) is 0 Å². The highest BCUT2D eigenvalue weighted by atomic mass is 127. The molecule has 3 N–H and O–H groups in total. The molecule has 7 nitrogen and oxygen atoms in total. The number of ether oxygens (including phenoxy) is 2. The number of hydrogen-bond donors (Lipinski definition) is 3. The molecule has 1 aliphatic carbocycles. The topological polar surface area (TPSA) is 84.0 Å². The molecule has 0 spiro atoms. The molecule has 8 heteroatoms. The number of nitrogens with one attached hydrogen (secondary N) is 3. The van der Waals surface area contributed by atoms with Crippen molar-refractivity contribution in [2.75, 3.05) is 46.5 Å². The Hall–Kier alpha value is -0.610. The number of carbonyl (C=O) groups is 1. The molecular formula is C16H31IN4O3. The van der Waals surface area contributed by atoms with E-state index in [9.17, 15) is 4.79 Å². The number of hydrogen-bond acceptors (Lipinski definition) is 4. The minimum Gasteiger partial charge on any atom is -0.379 e. The molecule has 2 aliphatic rings. The first-order valence-electron chi connectivity index (χ1n) is 8.71. The van der Waals surface area contributed by atoms with Gasteiger partial charge in [0.2, 0.25) is 5.91 Å². The first kappa shape index (κ1) is 21.4. The molecule has 1 saturated carbocycles. The first-order valence-corrected chi connectivity index (χ1v) is 8.71. The van der Waals surface area contributed by atoms with Gasteiger partial charge in [-0.1, -0.05) is 0 Å². The molecule has 2 fully saturated rings. The van der Waals surface area contributed by atoms with Crippen molar-refractivity contribution < 1.29 is 14.3 Å². The normalized spacial score (nSPS) is 20.4. The van der Waals surface area contributed by atoms with Crippen LogP contribution >= 0.6 is 24.0 Å². The minimum atomic E-state index is 0. The zero-order valence-electron chi connectivity index (χ0n) is 14.5. The van der Waals surface area contributed by atoms with Crippen molar-refractivity contribution in [3.8, 4) is 0 Å². The quantitative estimate of drug-likeness (QED) is 0.198. The largest absolute Gasteiger partial charge is 0.379 e. The van der Waals surface area contributed by atoms with Crippen LogP contribution in [0.2, 0.25) is 0 Å². The van der Waals surface area contributed by atoms with Crippen LogP contribution in [0.3, 0.4) is 0 Å². The molecule has 1 aliphatic heterocycles. The molecule has 0 bridgehead atoms. The smallest absolute Gasteiger partial charge is 0.223 e. The fourth-order valence-electron chi connectivity index (χ4n) is 2.45. The molecule has 0 aromatic rings. The van der Waals surface area contributed by atoms with Crippen LogP contribution in [-0.4, -0.2) is 64.5 Å². The van der Waals surface area contributed by atoms with Crippen molar-refractivity contribution in [1.29, 1.82) is 0 Å². The van der Waals surface area contributed by atoms with Crippen LogP contribution < -0.4 is 16.0 Å². The number of amides is 1. The van der Waals surface area contributed by atoms with E-state index in [1.807, 2.05) is 0 Å². The van der Waals surface area contributed by atoms with E-state index >= 15 is 0 Å². The number of halogens is 1. The molecule has 0 radical (unpaired) electrons. The minimum absolute atomic E-state index is 0. The lowest BCUT2D eigenvalue weighted by Gasteiger charge is -2.13. The molecule has 0 aromatic heterocycles. The van der Waals surface area contributed by atoms with E-state index in [1.54, 1.807) is 7.05 Å².